The lowest BCUT2D eigenvalue weighted by molar-refractivity contribution is 0.0342. The number of hydrogen-bond acceptors (Lipinski definition) is 4. The summed E-state index contributed by atoms with van der Waals surface area (Å²) in [4.78, 5) is 11.5. The first-order valence-corrected chi connectivity index (χ1v) is 8.48. The summed E-state index contributed by atoms with van der Waals surface area (Å²) in [6.45, 7) is 8.83. The molecule has 2 aromatic rings. The number of morpholine rings is 1. The fourth-order valence-corrected chi connectivity index (χ4v) is 3.03. The molecular weight excluding hydrogens is 286 g/mol. The number of nitrogens with zero attached hydrogens (tertiary/aromatic N) is 3. The first-order chi connectivity index (χ1) is 11.3. The second-order valence-electron chi connectivity index (χ2n) is 6.13. The van der Waals surface area contributed by atoms with Gasteiger partial charge < -0.3 is 4.74 Å². The van der Waals surface area contributed by atoms with E-state index in [-0.39, 0.29) is 0 Å². The van der Waals surface area contributed by atoms with E-state index in [0.717, 1.165) is 57.2 Å². The number of benzene rings is 1. The molecule has 4 nitrogen and oxygen atoms in total. The average molecular weight is 311 g/mol. The molecule has 122 valence electrons. The van der Waals surface area contributed by atoms with Crippen molar-refractivity contribution in [1.29, 1.82) is 0 Å². The van der Waals surface area contributed by atoms with Crippen molar-refractivity contribution >= 4 is 0 Å². The first-order valence-electron chi connectivity index (χ1n) is 8.48. The predicted molar refractivity (Wildman–Crippen MR) is 92.3 cm³/mol. The van der Waals surface area contributed by atoms with Gasteiger partial charge in [-0.25, -0.2) is 9.97 Å². The zero-order chi connectivity index (χ0) is 16.1. The van der Waals surface area contributed by atoms with Crippen molar-refractivity contribution in [3.05, 3.63) is 47.4 Å². The van der Waals surface area contributed by atoms with E-state index in [1.54, 1.807) is 0 Å². The van der Waals surface area contributed by atoms with Crippen molar-refractivity contribution < 1.29 is 4.74 Å². The van der Waals surface area contributed by atoms with Crippen LogP contribution in [0.5, 0.6) is 0 Å². The van der Waals surface area contributed by atoms with Crippen LogP contribution in [0.15, 0.2) is 30.5 Å². The van der Waals surface area contributed by atoms with Crippen LogP contribution in [-0.2, 0) is 17.7 Å². The summed E-state index contributed by atoms with van der Waals surface area (Å²) in [7, 11) is 0. The Morgan fingerprint density at radius 2 is 2.04 bits per heavy atom. The molecule has 0 aliphatic carbocycles. The second kappa shape index (κ2) is 7.66. The zero-order valence-corrected chi connectivity index (χ0v) is 14.1. The summed E-state index contributed by atoms with van der Waals surface area (Å²) in [6, 6.07) is 8.77. The van der Waals surface area contributed by atoms with Crippen molar-refractivity contribution in [2.24, 2.45) is 0 Å². The van der Waals surface area contributed by atoms with Gasteiger partial charge in [-0.3, -0.25) is 4.90 Å². The minimum Gasteiger partial charge on any atom is -0.379 e. The maximum Gasteiger partial charge on any atom is 0.125 e. The summed E-state index contributed by atoms with van der Waals surface area (Å²) in [5.74, 6) is 0.832. The van der Waals surface area contributed by atoms with E-state index in [2.05, 4.69) is 41.1 Å². The van der Waals surface area contributed by atoms with Gasteiger partial charge in [0.05, 0.1) is 18.9 Å². The average Bonchev–Trinajstić information content (AvgIpc) is 2.58. The highest BCUT2D eigenvalue weighted by molar-refractivity contribution is 5.63. The van der Waals surface area contributed by atoms with Gasteiger partial charge in [0.15, 0.2) is 0 Å². The molecule has 0 atom stereocenters. The molecule has 0 spiro atoms. The lowest BCUT2D eigenvalue weighted by atomic mass is 10.0. The predicted octanol–water partition coefficient (Wildman–Crippen LogP) is 3.24. The Kier molecular flexibility index (Phi) is 5.36. The summed E-state index contributed by atoms with van der Waals surface area (Å²) in [5.41, 5.74) is 4.86. The standard InChI is InChI=1S/C19H25N3O/c1-3-5-18-13-20-15(2)21-19(18)17-7-4-6-16(12-17)14-22-8-10-23-11-9-22/h4,6-7,12-13H,3,5,8-11,14H2,1-2H3. The summed E-state index contributed by atoms with van der Waals surface area (Å²) in [5, 5.41) is 0. The molecule has 0 amide bonds. The lowest BCUT2D eigenvalue weighted by Crippen LogP contribution is -2.35. The van der Waals surface area contributed by atoms with E-state index in [9.17, 15) is 0 Å². The monoisotopic (exact) mass is 311 g/mol. The third kappa shape index (κ3) is 4.15. The molecular formula is C19H25N3O. The Balaban J connectivity index is 1.85. The van der Waals surface area contributed by atoms with Crippen LogP contribution < -0.4 is 0 Å². The molecule has 4 heteroatoms. The number of aryl methyl sites for hydroxylation is 2. The fraction of sp³-hybridized carbons (Fsp3) is 0.474. The summed E-state index contributed by atoms with van der Waals surface area (Å²) < 4.78 is 5.43. The molecule has 0 saturated carbocycles. The van der Waals surface area contributed by atoms with Crippen molar-refractivity contribution in [2.75, 3.05) is 26.3 Å². The Bertz CT molecular complexity index is 651. The number of hydrogen-bond donors (Lipinski definition) is 0. The SMILES string of the molecule is CCCc1cnc(C)nc1-c1cccc(CN2CCOCC2)c1. The van der Waals surface area contributed by atoms with Crippen LogP contribution in [0.2, 0.25) is 0 Å². The van der Waals surface area contributed by atoms with Crippen LogP contribution in [0.1, 0.15) is 30.3 Å². The van der Waals surface area contributed by atoms with E-state index in [4.69, 9.17) is 9.72 Å². The number of ether oxygens (including phenoxy) is 1. The maximum atomic E-state index is 5.43. The molecule has 1 aliphatic rings. The van der Waals surface area contributed by atoms with E-state index in [1.165, 1.54) is 16.7 Å². The Labute approximate surface area is 138 Å². The van der Waals surface area contributed by atoms with Crippen LogP contribution in [0, 0.1) is 6.92 Å². The highest BCUT2D eigenvalue weighted by Crippen LogP contribution is 2.24. The van der Waals surface area contributed by atoms with Crippen LogP contribution >= 0.6 is 0 Å². The molecule has 1 saturated heterocycles. The third-order valence-corrected chi connectivity index (χ3v) is 4.21. The van der Waals surface area contributed by atoms with Crippen LogP contribution in [0.25, 0.3) is 11.3 Å². The Morgan fingerprint density at radius 3 is 2.83 bits per heavy atom. The third-order valence-electron chi connectivity index (χ3n) is 4.21. The van der Waals surface area contributed by atoms with Gasteiger partial charge in [0, 0.05) is 31.4 Å². The molecule has 0 N–H and O–H groups in total. The molecule has 0 radical (unpaired) electrons. The van der Waals surface area contributed by atoms with E-state index < -0.39 is 0 Å². The minimum atomic E-state index is 0.832. The second-order valence-corrected chi connectivity index (χ2v) is 6.13. The van der Waals surface area contributed by atoms with Crippen LogP contribution in [0.3, 0.4) is 0 Å². The molecule has 2 heterocycles. The Morgan fingerprint density at radius 1 is 1.22 bits per heavy atom. The number of aromatic nitrogens is 2. The summed E-state index contributed by atoms with van der Waals surface area (Å²) >= 11 is 0. The lowest BCUT2D eigenvalue weighted by Gasteiger charge is -2.26. The normalized spacial score (nSPS) is 15.7. The first kappa shape index (κ1) is 16.1. The summed E-state index contributed by atoms with van der Waals surface area (Å²) in [6.07, 6.45) is 4.10. The topological polar surface area (TPSA) is 38.2 Å². The molecule has 1 aromatic carbocycles. The van der Waals surface area contributed by atoms with Crippen molar-refractivity contribution in [2.45, 2.75) is 33.2 Å². The molecule has 3 rings (SSSR count). The molecule has 23 heavy (non-hydrogen) atoms. The van der Waals surface area contributed by atoms with E-state index in [0.29, 0.717) is 0 Å². The molecule has 1 aromatic heterocycles. The van der Waals surface area contributed by atoms with Gasteiger partial charge in [0.1, 0.15) is 5.82 Å². The Hall–Kier alpha value is -1.78. The van der Waals surface area contributed by atoms with Crippen LogP contribution in [0.4, 0.5) is 0 Å². The highest BCUT2D eigenvalue weighted by Gasteiger charge is 2.12. The quantitative estimate of drug-likeness (QED) is 0.849. The van der Waals surface area contributed by atoms with Crippen molar-refractivity contribution in [3.63, 3.8) is 0 Å². The maximum absolute atomic E-state index is 5.43. The molecule has 1 fully saturated rings. The molecule has 0 unspecified atom stereocenters. The van der Waals surface area contributed by atoms with Gasteiger partial charge >= 0.3 is 0 Å². The largest absolute Gasteiger partial charge is 0.379 e. The zero-order valence-electron chi connectivity index (χ0n) is 14.1. The highest BCUT2D eigenvalue weighted by atomic mass is 16.5. The van der Waals surface area contributed by atoms with Gasteiger partial charge in [-0.15, -0.1) is 0 Å². The van der Waals surface area contributed by atoms with Gasteiger partial charge in [0.2, 0.25) is 0 Å². The molecule has 0 bridgehead atoms. The van der Waals surface area contributed by atoms with E-state index in [1.807, 2.05) is 13.1 Å². The van der Waals surface area contributed by atoms with Crippen LogP contribution in [-0.4, -0.2) is 41.2 Å². The van der Waals surface area contributed by atoms with Gasteiger partial charge in [0.25, 0.3) is 0 Å². The van der Waals surface area contributed by atoms with Crippen molar-refractivity contribution in [3.8, 4) is 11.3 Å². The van der Waals surface area contributed by atoms with E-state index >= 15 is 0 Å². The molecule has 1 aliphatic heterocycles. The number of rotatable bonds is 5. The van der Waals surface area contributed by atoms with Gasteiger partial charge in [-0.2, -0.15) is 0 Å². The van der Waals surface area contributed by atoms with Gasteiger partial charge in [-0.1, -0.05) is 31.5 Å². The minimum absolute atomic E-state index is 0.832. The van der Waals surface area contributed by atoms with Crippen molar-refractivity contribution in [1.82, 2.24) is 14.9 Å². The fourth-order valence-electron chi connectivity index (χ4n) is 3.03. The van der Waals surface area contributed by atoms with Gasteiger partial charge in [-0.05, 0) is 30.5 Å². The smallest absolute Gasteiger partial charge is 0.125 e.